The molecule has 0 N–H and O–H groups in total. The standard InChI is InChI=1S/C20H25NO4S2/c1-4-16(2)21(20(22)15-26-19-11-6-5-7-12-19)14-17-9-8-10-18(13-17)25-27(3,23)24/h5-13,16H,4,14-15H2,1-3H3. The van der Waals surface area contributed by atoms with Crippen LogP contribution in [0.3, 0.4) is 0 Å². The fourth-order valence-corrected chi connectivity index (χ4v) is 3.78. The molecule has 27 heavy (non-hydrogen) atoms. The first-order chi connectivity index (χ1) is 12.8. The minimum Gasteiger partial charge on any atom is -0.383 e. The minimum absolute atomic E-state index is 0.0487. The predicted molar refractivity (Wildman–Crippen MR) is 109 cm³/mol. The Morgan fingerprint density at radius 1 is 1.15 bits per heavy atom. The van der Waals surface area contributed by atoms with Crippen LogP contribution in [-0.4, -0.2) is 37.3 Å². The van der Waals surface area contributed by atoms with E-state index < -0.39 is 10.1 Å². The number of benzene rings is 2. The van der Waals surface area contributed by atoms with E-state index in [4.69, 9.17) is 4.18 Å². The normalized spacial score (nSPS) is 12.4. The van der Waals surface area contributed by atoms with Gasteiger partial charge in [-0.05, 0) is 43.2 Å². The number of hydrogen-bond donors (Lipinski definition) is 0. The Labute approximate surface area is 165 Å². The van der Waals surface area contributed by atoms with Gasteiger partial charge in [-0.3, -0.25) is 4.79 Å². The average molecular weight is 408 g/mol. The number of carbonyl (C=O) groups excluding carboxylic acids is 1. The fourth-order valence-electron chi connectivity index (χ4n) is 2.52. The van der Waals surface area contributed by atoms with E-state index in [2.05, 4.69) is 0 Å². The topological polar surface area (TPSA) is 63.7 Å². The maximum atomic E-state index is 12.8. The molecule has 1 unspecified atom stereocenters. The second kappa shape index (κ2) is 9.80. The quantitative estimate of drug-likeness (QED) is 0.465. The molecule has 0 spiro atoms. The first kappa shape index (κ1) is 21.3. The molecular formula is C20H25NO4S2. The molecule has 7 heteroatoms. The van der Waals surface area contributed by atoms with Crippen LogP contribution in [0.5, 0.6) is 5.75 Å². The van der Waals surface area contributed by atoms with Crippen molar-refractivity contribution in [1.82, 2.24) is 4.90 Å². The molecule has 5 nitrogen and oxygen atoms in total. The summed E-state index contributed by atoms with van der Waals surface area (Å²) in [6.45, 7) is 4.46. The van der Waals surface area contributed by atoms with E-state index in [9.17, 15) is 13.2 Å². The molecule has 1 amide bonds. The lowest BCUT2D eigenvalue weighted by Gasteiger charge is -2.29. The summed E-state index contributed by atoms with van der Waals surface area (Å²) in [5, 5.41) is 0. The van der Waals surface area contributed by atoms with Gasteiger partial charge in [0, 0.05) is 17.5 Å². The zero-order valence-corrected chi connectivity index (χ0v) is 17.4. The van der Waals surface area contributed by atoms with Crippen molar-refractivity contribution in [3.63, 3.8) is 0 Å². The van der Waals surface area contributed by atoms with Crippen LogP contribution in [0.25, 0.3) is 0 Å². The number of hydrogen-bond acceptors (Lipinski definition) is 5. The van der Waals surface area contributed by atoms with Gasteiger partial charge >= 0.3 is 10.1 Å². The van der Waals surface area contributed by atoms with Crippen LogP contribution >= 0.6 is 11.8 Å². The molecular weight excluding hydrogens is 382 g/mol. The number of nitrogens with zero attached hydrogens (tertiary/aromatic N) is 1. The lowest BCUT2D eigenvalue weighted by atomic mass is 10.1. The number of carbonyl (C=O) groups is 1. The fraction of sp³-hybridized carbons (Fsp3) is 0.350. The van der Waals surface area contributed by atoms with Gasteiger partial charge in [-0.2, -0.15) is 8.42 Å². The molecule has 0 aromatic heterocycles. The minimum atomic E-state index is -3.58. The van der Waals surface area contributed by atoms with Crippen LogP contribution in [0.4, 0.5) is 0 Å². The molecule has 0 fully saturated rings. The van der Waals surface area contributed by atoms with E-state index in [1.165, 1.54) is 11.8 Å². The van der Waals surface area contributed by atoms with Crippen molar-refractivity contribution in [2.45, 2.75) is 37.8 Å². The van der Waals surface area contributed by atoms with E-state index in [0.717, 1.165) is 23.1 Å². The third kappa shape index (κ3) is 7.27. The monoisotopic (exact) mass is 407 g/mol. The number of thioether (sulfide) groups is 1. The molecule has 0 aliphatic carbocycles. The second-order valence-corrected chi connectivity index (χ2v) is 8.94. The largest absolute Gasteiger partial charge is 0.383 e. The Morgan fingerprint density at radius 2 is 1.85 bits per heavy atom. The maximum Gasteiger partial charge on any atom is 0.306 e. The van der Waals surface area contributed by atoms with E-state index in [1.807, 2.05) is 55.1 Å². The summed E-state index contributed by atoms with van der Waals surface area (Å²) < 4.78 is 27.6. The van der Waals surface area contributed by atoms with Gasteiger partial charge in [0.05, 0.1) is 12.0 Å². The van der Waals surface area contributed by atoms with Crippen LogP contribution in [-0.2, 0) is 21.5 Å². The van der Waals surface area contributed by atoms with Crippen molar-refractivity contribution in [1.29, 1.82) is 0 Å². The summed E-state index contributed by atoms with van der Waals surface area (Å²) in [6, 6.07) is 16.7. The molecule has 0 aliphatic rings. The lowest BCUT2D eigenvalue weighted by Crippen LogP contribution is -2.38. The summed E-state index contributed by atoms with van der Waals surface area (Å²) in [6.07, 6.45) is 1.84. The van der Waals surface area contributed by atoms with E-state index in [-0.39, 0.29) is 17.7 Å². The molecule has 0 aliphatic heterocycles. The van der Waals surface area contributed by atoms with Crippen LogP contribution < -0.4 is 4.18 Å². The van der Waals surface area contributed by atoms with Crippen LogP contribution in [0.1, 0.15) is 25.8 Å². The first-order valence-corrected chi connectivity index (χ1v) is 11.5. The van der Waals surface area contributed by atoms with Gasteiger partial charge in [-0.15, -0.1) is 11.8 Å². The summed E-state index contributed by atoms with van der Waals surface area (Å²) >= 11 is 1.51. The molecule has 2 rings (SSSR count). The molecule has 1 atom stereocenters. The van der Waals surface area contributed by atoms with Gasteiger partial charge in [0.1, 0.15) is 5.75 Å². The third-order valence-corrected chi connectivity index (χ3v) is 5.54. The van der Waals surface area contributed by atoms with Crippen LogP contribution in [0, 0.1) is 0 Å². The molecule has 0 saturated heterocycles. The second-order valence-electron chi connectivity index (χ2n) is 6.32. The number of amides is 1. The third-order valence-electron chi connectivity index (χ3n) is 4.05. The Bertz CT molecular complexity index is 853. The van der Waals surface area contributed by atoms with Crippen molar-refractivity contribution < 1.29 is 17.4 Å². The van der Waals surface area contributed by atoms with Crippen molar-refractivity contribution >= 4 is 27.8 Å². The molecule has 0 radical (unpaired) electrons. The molecule has 146 valence electrons. The van der Waals surface area contributed by atoms with Gasteiger partial charge in [0.25, 0.3) is 0 Å². The summed E-state index contributed by atoms with van der Waals surface area (Å²) in [5.74, 6) is 0.659. The van der Waals surface area contributed by atoms with Gasteiger partial charge in [0.2, 0.25) is 5.91 Å². The predicted octanol–water partition coefficient (Wildman–Crippen LogP) is 3.94. The zero-order valence-electron chi connectivity index (χ0n) is 15.8. The Morgan fingerprint density at radius 3 is 2.48 bits per heavy atom. The summed E-state index contributed by atoms with van der Waals surface area (Å²) in [7, 11) is -3.58. The summed E-state index contributed by atoms with van der Waals surface area (Å²) in [5.41, 5.74) is 0.828. The maximum absolute atomic E-state index is 12.8. The highest BCUT2D eigenvalue weighted by atomic mass is 32.2. The molecule has 0 saturated carbocycles. The highest BCUT2D eigenvalue weighted by Gasteiger charge is 2.20. The Kier molecular flexibility index (Phi) is 7.74. The first-order valence-electron chi connectivity index (χ1n) is 8.74. The van der Waals surface area contributed by atoms with Crippen molar-refractivity contribution in [3.8, 4) is 5.75 Å². The van der Waals surface area contributed by atoms with Crippen LogP contribution in [0.15, 0.2) is 59.5 Å². The Hall–Kier alpha value is -1.99. The van der Waals surface area contributed by atoms with E-state index in [1.54, 1.807) is 18.2 Å². The van der Waals surface area contributed by atoms with Gasteiger partial charge in [-0.1, -0.05) is 37.3 Å². The highest BCUT2D eigenvalue weighted by Crippen LogP contribution is 2.21. The van der Waals surface area contributed by atoms with E-state index in [0.29, 0.717) is 12.3 Å². The molecule has 0 heterocycles. The van der Waals surface area contributed by atoms with Crippen molar-refractivity contribution in [2.24, 2.45) is 0 Å². The molecule has 2 aromatic rings. The molecule has 2 aromatic carbocycles. The number of rotatable bonds is 9. The van der Waals surface area contributed by atoms with Gasteiger partial charge in [0.15, 0.2) is 0 Å². The van der Waals surface area contributed by atoms with Crippen LogP contribution in [0.2, 0.25) is 0 Å². The van der Waals surface area contributed by atoms with Gasteiger partial charge in [-0.25, -0.2) is 0 Å². The van der Waals surface area contributed by atoms with E-state index >= 15 is 0 Å². The van der Waals surface area contributed by atoms with Crippen molar-refractivity contribution in [3.05, 3.63) is 60.2 Å². The SMILES string of the molecule is CCC(C)N(Cc1cccc(OS(C)(=O)=O)c1)C(=O)CSc1ccccc1. The highest BCUT2D eigenvalue weighted by molar-refractivity contribution is 8.00. The average Bonchev–Trinajstić information content (AvgIpc) is 2.63. The summed E-state index contributed by atoms with van der Waals surface area (Å²) in [4.78, 5) is 15.7. The molecule has 0 bridgehead atoms. The zero-order chi connectivity index (χ0) is 19.9. The van der Waals surface area contributed by atoms with Gasteiger partial charge < -0.3 is 9.08 Å². The Balaban J connectivity index is 2.09. The smallest absolute Gasteiger partial charge is 0.306 e. The lowest BCUT2D eigenvalue weighted by molar-refractivity contribution is -0.131. The van der Waals surface area contributed by atoms with Crippen molar-refractivity contribution in [2.75, 3.05) is 12.0 Å².